The molecule has 1 aliphatic rings. The van der Waals surface area contributed by atoms with Gasteiger partial charge in [-0.15, -0.1) is 0 Å². The number of nitrogens with one attached hydrogen (secondary N) is 2. The Bertz CT molecular complexity index is 504. The van der Waals surface area contributed by atoms with Gasteiger partial charge in [-0.25, -0.2) is 0 Å². The molecule has 1 aliphatic heterocycles. The predicted octanol–water partition coefficient (Wildman–Crippen LogP) is 1.59. The van der Waals surface area contributed by atoms with Gasteiger partial charge in [0.1, 0.15) is 0 Å². The summed E-state index contributed by atoms with van der Waals surface area (Å²) in [5.74, 6) is 0.647. The number of amides is 1. The monoisotopic (exact) mass is 277 g/mol. The third kappa shape index (κ3) is 4.20. The molecule has 20 heavy (non-hydrogen) atoms. The van der Waals surface area contributed by atoms with E-state index in [0.717, 1.165) is 32.4 Å². The van der Waals surface area contributed by atoms with Gasteiger partial charge in [0.05, 0.1) is 5.69 Å². The molecule has 1 saturated heterocycles. The van der Waals surface area contributed by atoms with E-state index >= 15 is 0 Å². The Hall–Kier alpha value is -1.62. The van der Waals surface area contributed by atoms with Crippen LogP contribution in [-0.2, 0) is 11.3 Å². The van der Waals surface area contributed by atoms with Gasteiger partial charge in [-0.3, -0.25) is 9.59 Å². The lowest BCUT2D eigenvalue weighted by atomic mass is 10.0. The zero-order valence-corrected chi connectivity index (χ0v) is 12.0. The van der Waals surface area contributed by atoms with Crippen LogP contribution in [-0.4, -0.2) is 23.6 Å². The van der Waals surface area contributed by atoms with Crippen molar-refractivity contribution >= 4 is 11.6 Å². The molecule has 1 aromatic rings. The Morgan fingerprint density at radius 3 is 3.05 bits per heavy atom. The molecule has 1 fully saturated rings. The molecule has 110 valence electrons. The van der Waals surface area contributed by atoms with Gasteiger partial charge in [0, 0.05) is 25.2 Å². The Labute approximate surface area is 119 Å². The van der Waals surface area contributed by atoms with Crippen LogP contribution in [0.25, 0.3) is 0 Å². The first-order valence-corrected chi connectivity index (χ1v) is 7.40. The van der Waals surface area contributed by atoms with Crippen LogP contribution >= 0.6 is 0 Å². The molecule has 0 spiro atoms. The Balaban J connectivity index is 1.86. The largest absolute Gasteiger partial charge is 0.325 e. The van der Waals surface area contributed by atoms with Crippen molar-refractivity contribution in [1.82, 2.24) is 9.88 Å². The molecule has 2 heterocycles. The highest BCUT2D eigenvalue weighted by Gasteiger charge is 2.15. The standard InChI is InChI=1S/C15H23N3O2/c1-2-9-18-11-13(4-6-15(18)20)17-14(19)5-3-12-7-8-16-10-12/h4,6,11-12,16H,2-3,5,7-10H2,1H3,(H,17,19). The number of nitrogens with zero attached hydrogens (tertiary/aromatic N) is 1. The van der Waals surface area contributed by atoms with Crippen LogP contribution in [0.15, 0.2) is 23.1 Å². The van der Waals surface area contributed by atoms with E-state index in [1.807, 2.05) is 6.92 Å². The second-order valence-corrected chi connectivity index (χ2v) is 5.40. The quantitative estimate of drug-likeness (QED) is 0.830. The average molecular weight is 277 g/mol. The number of rotatable bonds is 6. The molecule has 1 unspecified atom stereocenters. The van der Waals surface area contributed by atoms with Gasteiger partial charge in [-0.2, -0.15) is 0 Å². The molecule has 1 aromatic heterocycles. The van der Waals surface area contributed by atoms with Crippen molar-refractivity contribution in [3.63, 3.8) is 0 Å². The summed E-state index contributed by atoms with van der Waals surface area (Å²) >= 11 is 0. The van der Waals surface area contributed by atoms with Gasteiger partial charge in [0.15, 0.2) is 0 Å². The molecule has 2 rings (SSSR count). The maximum atomic E-state index is 11.9. The van der Waals surface area contributed by atoms with Crippen LogP contribution in [0.2, 0.25) is 0 Å². The molecular formula is C15H23N3O2. The maximum Gasteiger partial charge on any atom is 0.250 e. The number of anilines is 1. The van der Waals surface area contributed by atoms with Crippen molar-refractivity contribution in [2.75, 3.05) is 18.4 Å². The summed E-state index contributed by atoms with van der Waals surface area (Å²) in [4.78, 5) is 23.5. The van der Waals surface area contributed by atoms with Crippen molar-refractivity contribution in [2.45, 2.75) is 39.2 Å². The fourth-order valence-corrected chi connectivity index (χ4v) is 2.54. The number of aryl methyl sites for hydroxylation is 1. The van der Waals surface area contributed by atoms with Gasteiger partial charge >= 0.3 is 0 Å². The summed E-state index contributed by atoms with van der Waals surface area (Å²) in [6.07, 6.45) is 5.24. The minimum atomic E-state index is -0.0260. The lowest BCUT2D eigenvalue weighted by Gasteiger charge is -2.10. The topological polar surface area (TPSA) is 63.1 Å². The summed E-state index contributed by atoms with van der Waals surface area (Å²) in [7, 11) is 0. The zero-order chi connectivity index (χ0) is 14.4. The molecule has 0 radical (unpaired) electrons. The van der Waals surface area contributed by atoms with Crippen molar-refractivity contribution in [3.05, 3.63) is 28.7 Å². The SMILES string of the molecule is CCCn1cc(NC(=O)CCC2CCNC2)ccc1=O. The summed E-state index contributed by atoms with van der Waals surface area (Å²) in [5, 5.41) is 6.18. The van der Waals surface area contributed by atoms with E-state index in [1.165, 1.54) is 6.07 Å². The number of carbonyl (C=O) groups excluding carboxylic acids is 1. The van der Waals surface area contributed by atoms with Crippen molar-refractivity contribution in [3.8, 4) is 0 Å². The van der Waals surface area contributed by atoms with E-state index in [9.17, 15) is 9.59 Å². The average Bonchev–Trinajstić information content (AvgIpc) is 2.94. The smallest absolute Gasteiger partial charge is 0.250 e. The maximum absolute atomic E-state index is 11.9. The number of aromatic nitrogens is 1. The summed E-state index contributed by atoms with van der Waals surface area (Å²) < 4.78 is 1.64. The first kappa shape index (κ1) is 14.8. The predicted molar refractivity (Wildman–Crippen MR) is 79.8 cm³/mol. The molecule has 5 heteroatoms. The number of pyridine rings is 1. The van der Waals surface area contributed by atoms with E-state index in [-0.39, 0.29) is 11.5 Å². The lowest BCUT2D eigenvalue weighted by molar-refractivity contribution is -0.116. The normalized spacial score (nSPS) is 18.1. The van der Waals surface area contributed by atoms with Crippen LogP contribution in [0.3, 0.4) is 0 Å². The van der Waals surface area contributed by atoms with Crippen LogP contribution in [0, 0.1) is 5.92 Å². The van der Waals surface area contributed by atoms with Crippen molar-refractivity contribution in [2.24, 2.45) is 5.92 Å². The third-order valence-corrected chi connectivity index (χ3v) is 3.67. The lowest BCUT2D eigenvalue weighted by Crippen LogP contribution is -2.20. The Morgan fingerprint density at radius 2 is 2.35 bits per heavy atom. The molecule has 5 nitrogen and oxygen atoms in total. The Kier molecular flexibility index (Phi) is 5.35. The number of hydrogen-bond donors (Lipinski definition) is 2. The van der Waals surface area contributed by atoms with E-state index in [2.05, 4.69) is 10.6 Å². The second-order valence-electron chi connectivity index (χ2n) is 5.40. The first-order valence-electron chi connectivity index (χ1n) is 7.40. The van der Waals surface area contributed by atoms with E-state index < -0.39 is 0 Å². The summed E-state index contributed by atoms with van der Waals surface area (Å²) in [6.45, 7) is 4.78. The van der Waals surface area contributed by atoms with E-state index in [0.29, 0.717) is 24.6 Å². The fourth-order valence-electron chi connectivity index (χ4n) is 2.54. The third-order valence-electron chi connectivity index (χ3n) is 3.67. The van der Waals surface area contributed by atoms with Crippen molar-refractivity contribution < 1.29 is 4.79 Å². The van der Waals surface area contributed by atoms with Crippen LogP contribution in [0.1, 0.15) is 32.6 Å². The molecular weight excluding hydrogens is 254 g/mol. The minimum absolute atomic E-state index is 0.0260. The highest BCUT2D eigenvalue weighted by molar-refractivity contribution is 5.90. The van der Waals surface area contributed by atoms with Crippen LogP contribution < -0.4 is 16.2 Å². The first-order chi connectivity index (χ1) is 9.69. The van der Waals surface area contributed by atoms with Crippen molar-refractivity contribution in [1.29, 1.82) is 0 Å². The van der Waals surface area contributed by atoms with Gasteiger partial charge in [0.25, 0.3) is 5.56 Å². The minimum Gasteiger partial charge on any atom is -0.325 e. The van der Waals surface area contributed by atoms with Gasteiger partial charge < -0.3 is 15.2 Å². The summed E-state index contributed by atoms with van der Waals surface area (Å²) in [6, 6.07) is 3.18. The highest BCUT2D eigenvalue weighted by Crippen LogP contribution is 2.15. The molecule has 0 aliphatic carbocycles. The molecule has 0 bridgehead atoms. The molecule has 0 saturated carbocycles. The second kappa shape index (κ2) is 7.24. The van der Waals surface area contributed by atoms with Crippen LogP contribution in [0.4, 0.5) is 5.69 Å². The van der Waals surface area contributed by atoms with E-state index in [4.69, 9.17) is 0 Å². The highest BCUT2D eigenvalue weighted by atomic mass is 16.1. The fraction of sp³-hybridized carbons (Fsp3) is 0.600. The van der Waals surface area contributed by atoms with E-state index in [1.54, 1.807) is 16.8 Å². The number of carbonyl (C=O) groups is 1. The zero-order valence-electron chi connectivity index (χ0n) is 12.0. The van der Waals surface area contributed by atoms with Gasteiger partial charge in [-0.05, 0) is 44.3 Å². The molecule has 2 N–H and O–H groups in total. The van der Waals surface area contributed by atoms with Gasteiger partial charge in [-0.1, -0.05) is 6.92 Å². The van der Waals surface area contributed by atoms with Crippen LogP contribution in [0.5, 0.6) is 0 Å². The molecule has 1 amide bonds. The summed E-state index contributed by atoms with van der Waals surface area (Å²) in [5.41, 5.74) is 0.675. The Morgan fingerprint density at radius 1 is 1.50 bits per heavy atom. The molecule has 0 aromatic carbocycles. The van der Waals surface area contributed by atoms with Gasteiger partial charge in [0.2, 0.25) is 5.91 Å². The number of hydrogen-bond acceptors (Lipinski definition) is 3. The molecule has 1 atom stereocenters.